The van der Waals surface area contributed by atoms with Gasteiger partial charge in [-0.15, -0.1) is 0 Å². The quantitative estimate of drug-likeness (QED) is 0.604. The first kappa shape index (κ1) is 20.9. The molecule has 162 valence electrons. The molecule has 2 aromatic rings. The molecule has 1 saturated heterocycles. The Kier molecular flexibility index (Phi) is 4.96. The molecule has 1 aromatic heterocycles. The molecule has 30 heavy (non-hydrogen) atoms. The van der Waals surface area contributed by atoms with Gasteiger partial charge in [-0.25, -0.2) is 4.79 Å². The van der Waals surface area contributed by atoms with Gasteiger partial charge in [0, 0.05) is 24.5 Å². The van der Waals surface area contributed by atoms with E-state index in [1.54, 1.807) is 12.1 Å². The Labute approximate surface area is 176 Å². The fraction of sp³-hybridized carbons (Fsp3) is 0.583. The number of carbonyl (C=O) groups excluding carboxylic acids is 1. The predicted molar refractivity (Wildman–Crippen MR) is 115 cm³/mol. The number of nitrogens with zero attached hydrogens (tertiary/aromatic N) is 1. The number of phenolic OH excluding ortho intramolecular Hbond substituents is 1. The van der Waals surface area contributed by atoms with Crippen LogP contribution in [0.1, 0.15) is 56.7 Å². The summed E-state index contributed by atoms with van der Waals surface area (Å²) < 4.78 is 10.4. The van der Waals surface area contributed by atoms with E-state index in [9.17, 15) is 14.7 Å². The Morgan fingerprint density at radius 2 is 2.00 bits per heavy atom. The Bertz CT molecular complexity index is 1070. The average molecular weight is 414 g/mol. The molecule has 2 atom stereocenters. The number of benzene rings is 1. The van der Waals surface area contributed by atoms with E-state index in [4.69, 9.17) is 9.15 Å². The molecule has 2 fully saturated rings. The smallest absolute Gasteiger partial charge is 0.340 e. The summed E-state index contributed by atoms with van der Waals surface area (Å²) in [6, 6.07) is 3.86. The van der Waals surface area contributed by atoms with Crippen molar-refractivity contribution in [1.29, 1.82) is 0 Å². The number of methoxy groups -OCH3 is 1. The third-order valence-electron chi connectivity index (χ3n) is 6.97. The second-order valence-corrected chi connectivity index (χ2v) is 10.3. The highest BCUT2D eigenvalue weighted by Gasteiger charge is 2.49. The van der Waals surface area contributed by atoms with Crippen molar-refractivity contribution in [3.8, 4) is 5.75 Å². The molecule has 2 heterocycles. The maximum Gasteiger partial charge on any atom is 0.340 e. The standard InChI is InChI=1S/C24H31NO5/c1-14-16-6-7-19(26)18(21(16)30-22(28)17(14)8-20(27)29-5)11-25-13-24(4)10-15(25)9-23(2,3)12-24/h6-7,15,26H,8-13H2,1-5H3/t15-,24-/m1/s1. The van der Waals surface area contributed by atoms with Gasteiger partial charge in [0.15, 0.2) is 0 Å². The van der Waals surface area contributed by atoms with E-state index in [1.807, 2.05) is 6.92 Å². The van der Waals surface area contributed by atoms with Gasteiger partial charge in [0.2, 0.25) is 0 Å². The van der Waals surface area contributed by atoms with Crippen molar-refractivity contribution in [3.63, 3.8) is 0 Å². The van der Waals surface area contributed by atoms with Gasteiger partial charge in [-0.2, -0.15) is 0 Å². The molecule has 6 heteroatoms. The highest BCUT2D eigenvalue weighted by molar-refractivity contribution is 5.87. The van der Waals surface area contributed by atoms with Gasteiger partial charge < -0.3 is 14.3 Å². The van der Waals surface area contributed by atoms with E-state index in [1.165, 1.54) is 13.5 Å². The van der Waals surface area contributed by atoms with Crippen molar-refractivity contribution in [2.45, 2.75) is 66.0 Å². The third kappa shape index (κ3) is 3.62. The fourth-order valence-electron chi connectivity index (χ4n) is 6.04. The van der Waals surface area contributed by atoms with Gasteiger partial charge in [0.25, 0.3) is 0 Å². The number of aryl methyl sites for hydroxylation is 1. The first-order chi connectivity index (χ1) is 14.0. The Morgan fingerprint density at radius 3 is 2.70 bits per heavy atom. The van der Waals surface area contributed by atoms with Crippen LogP contribution < -0.4 is 5.63 Å². The van der Waals surface area contributed by atoms with Gasteiger partial charge in [-0.05, 0) is 54.7 Å². The maximum atomic E-state index is 12.7. The topological polar surface area (TPSA) is 80.0 Å². The van der Waals surface area contributed by atoms with Crippen LogP contribution in [0.15, 0.2) is 21.3 Å². The first-order valence-electron chi connectivity index (χ1n) is 10.6. The van der Waals surface area contributed by atoms with Crippen LogP contribution in [0.25, 0.3) is 11.0 Å². The van der Waals surface area contributed by atoms with Gasteiger partial charge in [0.1, 0.15) is 11.3 Å². The monoisotopic (exact) mass is 413 g/mol. The molecule has 4 rings (SSSR count). The van der Waals surface area contributed by atoms with Crippen LogP contribution in [0.2, 0.25) is 0 Å². The van der Waals surface area contributed by atoms with Crippen molar-refractivity contribution < 1.29 is 19.1 Å². The second kappa shape index (κ2) is 7.12. The number of aromatic hydroxyl groups is 1. The normalized spacial score (nSPS) is 25.6. The number of esters is 1. The summed E-state index contributed by atoms with van der Waals surface area (Å²) in [5.74, 6) is -0.347. The minimum Gasteiger partial charge on any atom is -0.507 e. The van der Waals surface area contributed by atoms with Gasteiger partial charge in [-0.3, -0.25) is 9.69 Å². The second-order valence-electron chi connectivity index (χ2n) is 10.3. The number of likely N-dealkylation sites (tertiary alicyclic amines) is 1. The minimum atomic E-state index is -0.550. The largest absolute Gasteiger partial charge is 0.507 e. The lowest BCUT2D eigenvalue weighted by Gasteiger charge is -2.40. The number of ether oxygens (including phenoxy) is 1. The van der Waals surface area contributed by atoms with E-state index < -0.39 is 11.6 Å². The summed E-state index contributed by atoms with van der Waals surface area (Å²) in [6.07, 6.45) is 3.35. The maximum absolute atomic E-state index is 12.7. The summed E-state index contributed by atoms with van der Waals surface area (Å²) in [4.78, 5) is 26.8. The van der Waals surface area contributed by atoms with E-state index in [0.717, 1.165) is 24.8 Å². The number of carbonyl (C=O) groups is 1. The number of hydrogen-bond acceptors (Lipinski definition) is 6. The Hall–Kier alpha value is -2.34. The molecule has 1 aliphatic heterocycles. The molecule has 2 bridgehead atoms. The van der Waals surface area contributed by atoms with Crippen LogP contribution in [0.3, 0.4) is 0 Å². The summed E-state index contributed by atoms with van der Waals surface area (Å²) in [7, 11) is 1.30. The molecular weight excluding hydrogens is 382 g/mol. The van der Waals surface area contributed by atoms with Crippen molar-refractivity contribution >= 4 is 16.9 Å². The highest BCUT2D eigenvalue weighted by atomic mass is 16.5. The third-order valence-corrected chi connectivity index (χ3v) is 6.97. The van der Waals surface area contributed by atoms with E-state index in [2.05, 4.69) is 25.7 Å². The lowest BCUT2D eigenvalue weighted by atomic mass is 9.65. The molecule has 1 aliphatic carbocycles. The molecule has 2 aliphatic rings. The zero-order valence-electron chi connectivity index (χ0n) is 18.5. The Balaban J connectivity index is 1.74. The van der Waals surface area contributed by atoms with Crippen LogP contribution in [-0.4, -0.2) is 35.7 Å². The SMILES string of the molecule is COC(=O)Cc1c(C)c2ccc(O)c(CN3C[C@]4(C)C[C@H]3CC(C)(C)C4)c2oc1=O. The van der Waals surface area contributed by atoms with Crippen molar-refractivity contribution in [2.75, 3.05) is 13.7 Å². The molecule has 0 unspecified atom stereocenters. The van der Waals surface area contributed by atoms with Crippen LogP contribution in [0.5, 0.6) is 5.75 Å². The highest BCUT2D eigenvalue weighted by Crippen LogP contribution is 2.53. The van der Waals surface area contributed by atoms with Crippen LogP contribution in [0, 0.1) is 17.8 Å². The van der Waals surface area contributed by atoms with Gasteiger partial charge >= 0.3 is 11.6 Å². The van der Waals surface area contributed by atoms with Crippen molar-refractivity contribution in [2.24, 2.45) is 10.8 Å². The molecule has 0 amide bonds. The molecule has 6 nitrogen and oxygen atoms in total. The van der Waals surface area contributed by atoms with Gasteiger partial charge in [0.05, 0.1) is 24.7 Å². The molecule has 0 spiro atoms. The van der Waals surface area contributed by atoms with Gasteiger partial charge in [-0.1, -0.05) is 20.8 Å². The number of fused-ring (bicyclic) bond motifs is 3. The number of phenols is 1. The van der Waals surface area contributed by atoms with Crippen LogP contribution in [0.4, 0.5) is 0 Å². The van der Waals surface area contributed by atoms with Crippen LogP contribution >= 0.6 is 0 Å². The first-order valence-corrected chi connectivity index (χ1v) is 10.6. The number of hydrogen-bond donors (Lipinski definition) is 1. The molecule has 1 aromatic carbocycles. The molecule has 1 N–H and O–H groups in total. The summed E-state index contributed by atoms with van der Waals surface area (Å²) in [5, 5.41) is 11.4. The van der Waals surface area contributed by atoms with E-state index in [0.29, 0.717) is 40.3 Å². The lowest BCUT2D eigenvalue weighted by Crippen LogP contribution is -2.34. The minimum absolute atomic E-state index is 0.127. The summed E-state index contributed by atoms with van der Waals surface area (Å²) in [5.41, 5.74) is 2.09. The van der Waals surface area contributed by atoms with Crippen molar-refractivity contribution in [3.05, 3.63) is 39.2 Å². The zero-order chi connectivity index (χ0) is 21.8. The molecule has 0 radical (unpaired) electrons. The lowest BCUT2D eigenvalue weighted by molar-refractivity contribution is -0.139. The summed E-state index contributed by atoms with van der Waals surface area (Å²) in [6.45, 7) is 10.3. The van der Waals surface area contributed by atoms with E-state index >= 15 is 0 Å². The Morgan fingerprint density at radius 1 is 1.27 bits per heavy atom. The average Bonchev–Trinajstić information content (AvgIpc) is 2.88. The fourth-order valence-corrected chi connectivity index (χ4v) is 6.04. The summed E-state index contributed by atoms with van der Waals surface area (Å²) >= 11 is 0. The molecular formula is C24H31NO5. The number of rotatable bonds is 4. The van der Waals surface area contributed by atoms with Crippen molar-refractivity contribution in [1.82, 2.24) is 4.90 Å². The van der Waals surface area contributed by atoms with E-state index in [-0.39, 0.29) is 17.6 Å². The zero-order valence-corrected chi connectivity index (χ0v) is 18.5. The van der Waals surface area contributed by atoms with Crippen LogP contribution in [-0.2, 0) is 22.5 Å². The molecule has 1 saturated carbocycles. The predicted octanol–water partition coefficient (Wildman–Crippen LogP) is 3.92.